The first-order chi connectivity index (χ1) is 6.41. The molecule has 1 N–H and O–H groups in total. The Labute approximate surface area is 83.1 Å². The Morgan fingerprint density at radius 3 is 1.92 bits per heavy atom. The Morgan fingerprint density at radius 2 is 1.38 bits per heavy atom. The van der Waals surface area contributed by atoms with E-state index in [4.69, 9.17) is 5.73 Å². The van der Waals surface area contributed by atoms with Crippen LogP contribution in [-0.2, 0) is 0 Å². The van der Waals surface area contributed by atoms with Gasteiger partial charge in [0.1, 0.15) is 0 Å². The lowest BCUT2D eigenvalue weighted by Gasteiger charge is -1.98. The van der Waals surface area contributed by atoms with Crippen LogP contribution in [0.4, 0.5) is 0 Å². The highest BCUT2D eigenvalue weighted by Gasteiger charge is 1.89. The summed E-state index contributed by atoms with van der Waals surface area (Å²) in [5.41, 5.74) is 6.63. The lowest BCUT2D eigenvalue weighted by atomic mass is 10.1. The fourth-order valence-electron chi connectivity index (χ4n) is 1.41. The van der Waals surface area contributed by atoms with Gasteiger partial charge in [0.05, 0.1) is 0 Å². The van der Waals surface area contributed by atoms with Gasteiger partial charge >= 0.3 is 0 Å². The third kappa shape index (κ3) is 11.4. The third-order valence-electron chi connectivity index (χ3n) is 2.24. The second-order valence-electron chi connectivity index (χ2n) is 3.53. The van der Waals surface area contributed by atoms with Crippen molar-refractivity contribution in [1.29, 1.82) is 0 Å². The van der Waals surface area contributed by atoms with E-state index in [2.05, 4.69) is 18.9 Å². The van der Waals surface area contributed by atoms with E-state index < -0.39 is 0 Å². The Balaban J connectivity index is 2.86. The molecule has 0 heterocycles. The summed E-state index contributed by atoms with van der Waals surface area (Å²) >= 11 is 0. The largest absolute Gasteiger partial charge is 0.252 e. The lowest BCUT2D eigenvalue weighted by molar-refractivity contribution is 0.579. The maximum absolute atomic E-state index is 6.63. The molecule has 0 rings (SSSR count). The molecule has 0 aliphatic rings. The summed E-state index contributed by atoms with van der Waals surface area (Å²) in [5.74, 6) is 2.78. The molecule has 0 aromatic rings. The quantitative estimate of drug-likeness (QED) is 0.401. The fourth-order valence-corrected chi connectivity index (χ4v) is 1.41. The topological polar surface area (TPSA) is 23.8 Å². The van der Waals surface area contributed by atoms with Crippen molar-refractivity contribution in [3.05, 3.63) is 0 Å². The highest BCUT2D eigenvalue weighted by Crippen LogP contribution is 2.08. The summed E-state index contributed by atoms with van der Waals surface area (Å²) in [7, 11) is 0. The van der Waals surface area contributed by atoms with Gasteiger partial charge in [0.15, 0.2) is 0 Å². The highest BCUT2D eigenvalue weighted by molar-refractivity contribution is 4.92. The summed E-state index contributed by atoms with van der Waals surface area (Å²) in [6.45, 7) is 2.25. The second-order valence-corrected chi connectivity index (χ2v) is 3.53. The van der Waals surface area contributed by atoms with Crippen LogP contribution >= 0.6 is 0 Å². The lowest BCUT2D eigenvalue weighted by Crippen LogP contribution is -1.80. The van der Waals surface area contributed by atoms with Crippen molar-refractivity contribution in [2.75, 3.05) is 0 Å². The molecule has 0 saturated heterocycles. The van der Waals surface area contributed by atoms with Crippen LogP contribution in [-0.4, -0.2) is 0 Å². The van der Waals surface area contributed by atoms with Crippen molar-refractivity contribution < 1.29 is 0 Å². The first-order valence-electron chi connectivity index (χ1n) is 5.56. The predicted molar refractivity (Wildman–Crippen MR) is 58.1 cm³/mol. The molecular formula is C12H22N. The van der Waals surface area contributed by atoms with Crippen LogP contribution in [0.25, 0.3) is 0 Å². The highest BCUT2D eigenvalue weighted by atomic mass is 14.4. The third-order valence-corrected chi connectivity index (χ3v) is 2.24. The van der Waals surface area contributed by atoms with E-state index >= 15 is 0 Å². The summed E-state index contributed by atoms with van der Waals surface area (Å²) < 4.78 is 0. The van der Waals surface area contributed by atoms with Crippen LogP contribution in [0.3, 0.4) is 0 Å². The Bertz CT molecular complexity index is 141. The Hall–Kier alpha value is -0.640. The maximum atomic E-state index is 6.63. The van der Waals surface area contributed by atoms with E-state index in [1.54, 1.807) is 0 Å². The van der Waals surface area contributed by atoms with Gasteiger partial charge < -0.3 is 0 Å². The van der Waals surface area contributed by atoms with Crippen LogP contribution in [0.5, 0.6) is 0 Å². The van der Waals surface area contributed by atoms with Crippen LogP contribution in [0.15, 0.2) is 0 Å². The number of hydrogen-bond donors (Lipinski definition) is 0. The first kappa shape index (κ1) is 12.4. The summed E-state index contributed by atoms with van der Waals surface area (Å²) in [5, 5.41) is 0. The molecule has 13 heavy (non-hydrogen) atoms. The van der Waals surface area contributed by atoms with Crippen LogP contribution in [0, 0.1) is 12.0 Å². The molecule has 0 aliphatic heterocycles. The first-order valence-corrected chi connectivity index (χ1v) is 5.56. The molecule has 0 aromatic heterocycles. The van der Waals surface area contributed by atoms with Gasteiger partial charge in [0.25, 0.3) is 0 Å². The van der Waals surface area contributed by atoms with Crippen LogP contribution in [0.1, 0.15) is 64.7 Å². The van der Waals surface area contributed by atoms with Gasteiger partial charge in [-0.05, 0) is 6.42 Å². The molecule has 0 unspecified atom stereocenters. The van der Waals surface area contributed by atoms with Crippen molar-refractivity contribution in [3.8, 4) is 12.0 Å². The molecule has 75 valence electrons. The standard InChI is InChI=1S/C12H22N/c1-2-3-4-5-6-7-8-9-10-11-12-13/h13H,2-10H2,1H3. The van der Waals surface area contributed by atoms with E-state index in [1.807, 2.05) is 0 Å². The molecule has 0 bridgehead atoms. The summed E-state index contributed by atoms with van der Waals surface area (Å²) in [4.78, 5) is 0. The van der Waals surface area contributed by atoms with Crippen LogP contribution < -0.4 is 5.73 Å². The van der Waals surface area contributed by atoms with Gasteiger partial charge in [-0.25, -0.2) is 0 Å². The molecule has 0 aromatic carbocycles. The van der Waals surface area contributed by atoms with Gasteiger partial charge in [-0.1, -0.05) is 57.8 Å². The molecule has 0 saturated carbocycles. The molecule has 1 radical (unpaired) electrons. The van der Waals surface area contributed by atoms with Gasteiger partial charge in [0, 0.05) is 12.5 Å². The fraction of sp³-hybridized carbons (Fsp3) is 0.833. The van der Waals surface area contributed by atoms with Crippen molar-refractivity contribution >= 4 is 0 Å². The van der Waals surface area contributed by atoms with Gasteiger partial charge in [0.2, 0.25) is 0 Å². The van der Waals surface area contributed by atoms with E-state index in [9.17, 15) is 0 Å². The Morgan fingerprint density at radius 1 is 0.846 bits per heavy atom. The van der Waals surface area contributed by atoms with Crippen molar-refractivity contribution in [1.82, 2.24) is 5.73 Å². The Kier molecular flexibility index (Phi) is 10.8. The zero-order valence-corrected chi connectivity index (χ0v) is 8.86. The molecule has 0 spiro atoms. The molecule has 0 amide bonds. The van der Waals surface area contributed by atoms with E-state index in [-0.39, 0.29) is 0 Å². The average Bonchev–Trinajstić information content (AvgIpc) is 2.16. The van der Waals surface area contributed by atoms with Crippen molar-refractivity contribution in [2.45, 2.75) is 64.7 Å². The zero-order valence-electron chi connectivity index (χ0n) is 8.86. The molecular weight excluding hydrogens is 158 g/mol. The molecule has 0 fully saturated rings. The average molecular weight is 180 g/mol. The maximum Gasteiger partial charge on any atom is 0.0254 e. The minimum atomic E-state index is 0.915. The molecule has 0 aliphatic carbocycles. The van der Waals surface area contributed by atoms with Crippen LogP contribution in [0.2, 0.25) is 0 Å². The summed E-state index contributed by atoms with van der Waals surface area (Å²) in [6.07, 6.45) is 11.7. The van der Waals surface area contributed by atoms with Gasteiger partial charge in [-0.15, -0.1) is 0 Å². The predicted octanol–water partition coefficient (Wildman–Crippen LogP) is 3.76. The number of hydrogen-bond acceptors (Lipinski definition) is 0. The summed E-state index contributed by atoms with van der Waals surface area (Å²) in [6, 6.07) is 2.19. The smallest absolute Gasteiger partial charge is 0.0254 e. The molecule has 1 nitrogen and oxygen atoms in total. The molecule has 0 atom stereocenters. The van der Waals surface area contributed by atoms with E-state index in [0.29, 0.717) is 0 Å². The SMILES string of the molecule is CCCCCCCCCCC#C[NH]. The van der Waals surface area contributed by atoms with Crippen molar-refractivity contribution in [3.63, 3.8) is 0 Å². The van der Waals surface area contributed by atoms with Gasteiger partial charge in [-0.3, -0.25) is 5.73 Å². The van der Waals surface area contributed by atoms with Gasteiger partial charge in [-0.2, -0.15) is 0 Å². The monoisotopic (exact) mass is 180 g/mol. The van der Waals surface area contributed by atoms with E-state index in [1.165, 1.54) is 51.4 Å². The normalized spacial score (nSPS) is 9.31. The minimum Gasteiger partial charge on any atom is -0.252 e. The number of nitrogens with one attached hydrogen (secondary N) is 1. The van der Waals surface area contributed by atoms with Crippen molar-refractivity contribution in [2.24, 2.45) is 0 Å². The number of unbranched alkanes of at least 4 members (excludes halogenated alkanes) is 8. The number of rotatable bonds is 8. The molecule has 1 heteroatoms. The second kappa shape index (κ2) is 11.4. The van der Waals surface area contributed by atoms with E-state index in [0.717, 1.165) is 6.42 Å². The minimum absolute atomic E-state index is 0.915. The zero-order chi connectivity index (χ0) is 9.78.